The van der Waals surface area contributed by atoms with E-state index in [1.807, 2.05) is 13.1 Å². The zero-order chi connectivity index (χ0) is 17.8. The Bertz CT molecular complexity index is 1010. The average Bonchev–Trinajstić information content (AvgIpc) is 3.35. The van der Waals surface area contributed by atoms with Crippen LogP contribution in [0.25, 0.3) is 10.9 Å². The highest BCUT2D eigenvalue weighted by atomic mass is 32.1. The standard InChI is InChI=1S/C22H21N3S/c1-23-22(21-8-5-15-26-21)24-19-10-9-18-12-14-25(20(18)16-19)13-11-17-6-3-2-4-7-17/h2-10,12,14-16H,11,13H2,1H3,(H,23,24). The molecule has 4 heteroatoms. The molecular formula is C22H21N3S. The van der Waals surface area contributed by atoms with Crippen LogP contribution in [0.4, 0.5) is 5.69 Å². The van der Waals surface area contributed by atoms with Crippen LogP contribution in [0.15, 0.2) is 83.3 Å². The van der Waals surface area contributed by atoms with E-state index in [2.05, 4.69) is 87.1 Å². The predicted octanol–water partition coefficient (Wildman–Crippen LogP) is 5.43. The molecule has 0 bridgehead atoms. The van der Waals surface area contributed by atoms with E-state index >= 15 is 0 Å². The molecule has 4 aromatic rings. The lowest BCUT2D eigenvalue weighted by Crippen LogP contribution is -2.12. The number of nitrogens with zero attached hydrogens (tertiary/aromatic N) is 2. The third-order valence-electron chi connectivity index (χ3n) is 4.50. The highest BCUT2D eigenvalue weighted by Crippen LogP contribution is 2.22. The minimum atomic E-state index is 0.904. The molecule has 2 heterocycles. The zero-order valence-corrected chi connectivity index (χ0v) is 15.5. The number of benzene rings is 2. The van der Waals surface area contributed by atoms with Crippen LogP contribution in [-0.2, 0) is 13.0 Å². The maximum Gasteiger partial charge on any atom is 0.142 e. The molecule has 0 atom stereocenters. The molecule has 1 N–H and O–H groups in total. The van der Waals surface area contributed by atoms with Gasteiger partial charge in [-0.15, -0.1) is 11.3 Å². The molecule has 0 aliphatic heterocycles. The topological polar surface area (TPSA) is 29.3 Å². The number of fused-ring (bicyclic) bond motifs is 1. The number of amidine groups is 1. The summed E-state index contributed by atoms with van der Waals surface area (Å²) in [4.78, 5) is 5.55. The van der Waals surface area contributed by atoms with Crippen molar-refractivity contribution in [2.45, 2.75) is 13.0 Å². The van der Waals surface area contributed by atoms with Crippen molar-refractivity contribution in [1.29, 1.82) is 0 Å². The number of aromatic nitrogens is 1. The molecule has 0 saturated carbocycles. The minimum absolute atomic E-state index is 0.904. The van der Waals surface area contributed by atoms with E-state index < -0.39 is 0 Å². The summed E-state index contributed by atoms with van der Waals surface area (Å²) in [5.41, 5.74) is 3.67. The van der Waals surface area contributed by atoms with Crippen molar-refractivity contribution in [3.63, 3.8) is 0 Å². The first-order valence-corrected chi connectivity index (χ1v) is 9.62. The Labute approximate surface area is 157 Å². The molecular weight excluding hydrogens is 338 g/mol. The van der Waals surface area contributed by atoms with E-state index in [1.165, 1.54) is 16.5 Å². The Morgan fingerprint density at radius 3 is 2.69 bits per heavy atom. The normalized spacial score (nSPS) is 11.8. The van der Waals surface area contributed by atoms with Crippen LogP contribution in [0.3, 0.4) is 0 Å². The van der Waals surface area contributed by atoms with E-state index in [0.29, 0.717) is 0 Å². The Morgan fingerprint density at radius 1 is 1.04 bits per heavy atom. The van der Waals surface area contributed by atoms with Gasteiger partial charge >= 0.3 is 0 Å². The number of hydrogen-bond donors (Lipinski definition) is 1. The maximum absolute atomic E-state index is 4.40. The first-order valence-electron chi connectivity index (χ1n) is 8.74. The van der Waals surface area contributed by atoms with E-state index in [-0.39, 0.29) is 0 Å². The zero-order valence-electron chi connectivity index (χ0n) is 14.7. The Balaban J connectivity index is 1.56. The van der Waals surface area contributed by atoms with E-state index in [9.17, 15) is 0 Å². The van der Waals surface area contributed by atoms with Gasteiger partial charge in [-0.3, -0.25) is 4.99 Å². The largest absolute Gasteiger partial charge is 0.347 e. The third-order valence-corrected chi connectivity index (χ3v) is 5.38. The minimum Gasteiger partial charge on any atom is -0.347 e. The number of hydrogen-bond acceptors (Lipinski definition) is 2. The molecule has 3 nitrogen and oxygen atoms in total. The van der Waals surface area contributed by atoms with Crippen molar-refractivity contribution >= 4 is 33.8 Å². The molecule has 130 valence electrons. The van der Waals surface area contributed by atoms with Gasteiger partial charge in [-0.25, -0.2) is 0 Å². The molecule has 4 rings (SSSR count). The van der Waals surface area contributed by atoms with E-state index in [1.54, 1.807) is 11.3 Å². The van der Waals surface area contributed by atoms with Gasteiger partial charge in [0.1, 0.15) is 5.84 Å². The average molecular weight is 359 g/mol. The predicted molar refractivity (Wildman–Crippen MR) is 112 cm³/mol. The fourth-order valence-corrected chi connectivity index (χ4v) is 3.84. The smallest absolute Gasteiger partial charge is 0.142 e. The molecule has 2 aromatic carbocycles. The summed E-state index contributed by atoms with van der Waals surface area (Å²) < 4.78 is 2.32. The van der Waals surface area contributed by atoms with Gasteiger partial charge in [0.25, 0.3) is 0 Å². The highest BCUT2D eigenvalue weighted by Gasteiger charge is 2.07. The number of nitrogens with one attached hydrogen (secondary N) is 1. The summed E-state index contributed by atoms with van der Waals surface area (Å²) in [5.74, 6) is 0.904. The Hall–Kier alpha value is -2.85. The van der Waals surface area contributed by atoms with Crippen LogP contribution in [0.1, 0.15) is 10.4 Å². The van der Waals surface area contributed by atoms with Crippen LogP contribution in [0.2, 0.25) is 0 Å². The first kappa shape index (κ1) is 16.6. The molecule has 0 spiro atoms. The van der Waals surface area contributed by atoms with E-state index in [0.717, 1.165) is 29.4 Å². The maximum atomic E-state index is 4.40. The number of aryl methyl sites for hydroxylation is 2. The second-order valence-electron chi connectivity index (χ2n) is 6.19. The van der Waals surface area contributed by atoms with E-state index in [4.69, 9.17) is 0 Å². The molecule has 0 amide bonds. The number of rotatable bonds is 5. The Kier molecular flexibility index (Phi) is 4.84. The third kappa shape index (κ3) is 3.55. The number of anilines is 1. The van der Waals surface area contributed by atoms with Crippen LogP contribution < -0.4 is 5.32 Å². The Morgan fingerprint density at radius 2 is 1.92 bits per heavy atom. The van der Waals surface area contributed by atoms with Crippen LogP contribution >= 0.6 is 11.3 Å². The second-order valence-corrected chi connectivity index (χ2v) is 7.14. The van der Waals surface area contributed by atoms with Crippen molar-refractivity contribution in [2.75, 3.05) is 12.4 Å². The lowest BCUT2D eigenvalue weighted by molar-refractivity contribution is 0.723. The van der Waals surface area contributed by atoms with Crippen molar-refractivity contribution < 1.29 is 0 Å². The summed E-state index contributed by atoms with van der Waals surface area (Å²) in [6.45, 7) is 0.969. The molecule has 0 saturated heterocycles. The van der Waals surface area contributed by atoms with Gasteiger partial charge in [0.2, 0.25) is 0 Å². The van der Waals surface area contributed by atoms with Gasteiger partial charge in [0.15, 0.2) is 0 Å². The monoisotopic (exact) mass is 359 g/mol. The molecule has 2 aromatic heterocycles. The molecule has 26 heavy (non-hydrogen) atoms. The highest BCUT2D eigenvalue weighted by molar-refractivity contribution is 7.12. The molecule has 0 aliphatic carbocycles. The van der Waals surface area contributed by atoms with Crippen molar-refractivity contribution in [3.05, 3.63) is 88.7 Å². The summed E-state index contributed by atoms with van der Waals surface area (Å²) in [7, 11) is 1.82. The van der Waals surface area contributed by atoms with Crippen molar-refractivity contribution in [2.24, 2.45) is 4.99 Å². The van der Waals surface area contributed by atoms with Gasteiger partial charge in [-0.05, 0) is 47.0 Å². The fourth-order valence-electron chi connectivity index (χ4n) is 3.13. The molecule has 0 fully saturated rings. The van der Waals surface area contributed by atoms with Crippen molar-refractivity contribution in [3.8, 4) is 0 Å². The summed E-state index contributed by atoms with van der Waals surface area (Å²) >= 11 is 1.69. The van der Waals surface area contributed by atoms with Crippen molar-refractivity contribution in [1.82, 2.24) is 4.57 Å². The van der Waals surface area contributed by atoms with Crippen LogP contribution in [-0.4, -0.2) is 17.5 Å². The lowest BCUT2D eigenvalue weighted by atomic mass is 10.1. The molecule has 0 unspecified atom stereocenters. The van der Waals surface area contributed by atoms with Crippen LogP contribution in [0, 0.1) is 0 Å². The van der Waals surface area contributed by atoms with Gasteiger partial charge in [0, 0.05) is 25.5 Å². The van der Waals surface area contributed by atoms with Gasteiger partial charge in [0.05, 0.1) is 10.4 Å². The number of aliphatic imine (C=N–C) groups is 1. The molecule has 0 radical (unpaired) electrons. The summed E-state index contributed by atoms with van der Waals surface area (Å²) in [6.07, 6.45) is 3.20. The van der Waals surface area contributed by atoms with Gasteiger partial charge < -0.3 is 9.88 Å². The first-order chi connectivity index (χ1) is 12.8. The lowest BCUT2D eigenvalue weighted by Gasteiger charge is -2.10. The summed E-state index contributed by atoms with van der Waals surface area (Å²) in [5, 5.41) is 6.79. The SMILES string of the molecule is C/N=C(\Nc1ccc2ccn(CCc3ccccc3)c2c1)c1cccs1. The number of thiophene rings is 1. The van der Waals surface area contributed by atoms with Crippen LogP contribution in [0.5, 0.6) is 0 Å². The molecule has 0 aliphatic rings. The van der Waals surface area contributed by atoms with Gasteiger partial charge in [-0.2, -0.15) is 0 Å². The fraction of sp³-hybridized carbons (Fsp3) is 0.136. The quantitative estimate of drug-likeness (QED) is 0.373. The summed E-state index contributed by atoms with van der Waals surface area (Å²) in [6, 6.07) is 23.4. The second kappa shape index (κ2) is 7.58. The van der Waals surface area contributed by atoms with Gasteiger partial charge in [-0.1, -0.05) is 42.5 Å².